The zero-order chi connectivity index (χ0) is 41.8. The third kappa shape index (κ3) is 10.4. The van der Waals surface area contributed by atoms with Crippen molar-refractivity contribution in [2.75, 3.05) is 16.0 Å². The second-order valence-electron chi connectivity index (χ2n) is 13.0. The molecule has 0 saturated carbocycles. The Bertz CT molecular complexity index is 2540. The number of rotatable bonds is 12. The van der Waals surface area contributed by atoms with Crippen molar-refractivity contribution >= 4 is 52.7 Å². The van der Waals surface area contributed by atoms with E-state index < -0.39 is 35.6 Å². The Morgan fingerprint density at radius 3 is 0.933 bits per heavy atom. The molecule has 0 aliphatic heterocycles. The molecule has 3 amide bonds. The van der Waals surface area contributed by atoms with Crippen molar-refractivity contribution in [1.29, 1.82) is 0 Å². The van der Waals surface area contributed by atoms with Gasteiger partial charge in [-0.15, -0.1) is 0 Å². The molecular formula is C48H33N3O9. The zero-order valence-corrected chi connectivity index (χ0v) is 31.5. The number of carbonyl (C=O) groups excluding carboxylic acids is 6. The summed E-state index contributed by atoms with van der Waals surface area (Å²) in [7, 11) is 0. The summed E-state index contributed by atoms with van der Waals surface area (Å²) < 4.78 is 16.3. The first-order chi connectivity index (χ1) is 29.2. The average Bonchev–Trinajstić information content (AvgIpc) is 3.28. The molecule has 0 aliphatic carbocycles. The number of esters is 3. The molecular weight excluding hydrogens is 763 g/mol. The molecule has 0 fully saturated rings. The highest BCUT2D eigenvalue weighted by Crippen LogP contribution is 2.24. The van der Waals surface area contributed by atoms with Gasteiger partial charge in [-0.2, -0.15) is 0 Å². The summed E-state index contributed by atoms with van der Waals surface area (Å²) in [5.41, 5.74) is 2.25. The fourth-order valence-electron chi connectivity index (χ4n) is 5.68. The average molecular weight is 796 g/mol. The molecule has 0 radical (unpaired) electrons. The Balaban J connectivity index is 1.07. The molecule has 0 bridgehead atoms. The molecule has 12 heteroatoms. The van der Waals surface area contributed by atoms with E-state index in [2.05, 4.69) is 16.0 Å². The van der Waals surface area contributed by atoms with Crippen LogP contribution in [0.25, 0.3) is 0 Å². The lowest BCUT2D eigenvalue weighted by Gasteiger charge is -2.13. The van der Waals surface area contributed by atoms with Gasteiger partial charge >= 0.3 is 17.9 Å². The molecule has 0 atom stereocenters. The van der Waals surface area contributed by atoms with Crippen molar-refractivity contribution < 1.29 is 43.0 Å². The Labute approximate surface area is 343 Å². The number of benzene rings is 7. The van der Waals surface area contributed by atoms with E-state index in [9.17, 15) is 28.8 Å². The van der Waals surface area contributed by atoms with Gasteiger partial charge in [0.2, 0.25) is 0 Å². The molecule has 7 aromatic rings. The maximum atomic E-state index is 13.6. The van der Waals surface area contributed by atoms with Gasteiger partial charge in [0.1, 0.15) is 17.2 Å². The minimum absolute atomic E-state index is 0.0314. The van der Waals surface area contributed by atoms with E-state index in [0.717, 1.165) is 0 Å². The summed E-state index contributed by atoms with van der Waals surface area (Å²) in [5.74, 6) is -2.68. The van der Waals surface area contributed by atoms with Crippen LogP contribution in [0.4, 0.5) is 17.1 Å². The molecule has 0 aliphatic rings. The third-order valence-corrected chi connectivity index (χ3v) is 8.72. The molecule has 0 spiro atoms. The number of hydrogen-bond acceptors (Lipinski definition) is 9. The Kier molecular flexibility index (Phi) is 12.2. The molecule has 0 heterocycles. The third-order valence-electron chi connectivity index (χ3n) is 8.72. The fraction of sp³-hybridized carbons (Fsp3) is 0. The van der Waals surface area contributed by atoms with Gasteiger partial charge < -0.3 is 30.2 Å². The molecule has 7 rings (SSSR count). The number of hydrogen-bond donors (Lipinski definition) is 3. The van der Waals surface area contributed by atoms with Crippen LogP contribution in [0.3, 0.4) is 0 Å². The monoisotopic (exact) mass is 795 g/mol. The van der Waals surface area contributed by atoms with Crippen LogP contribution in [0.5, 0.6) is 17.2 Å². The van der Waals surface area contributed by atoms with E-state index in [1.807, 2.05) is 0 Å². The van der Waals surface area contributed by atoms with Gasteiger partial charge in [-0.1, -0.05) is 54.6 Å². The second-order valence-corrected chi connectivity index (χ2v) is 13.0. The van der Waals surface area contributed by atoms with Crippen molar-refractivity contribution in [2.45, 2.75) is 0 Å². The summed E-state index contributed by atoms with van der Waals surface area (Å²) in [6.07, 6.45) is 0. The zero-order valence-electron chi connectivity index (χ0n) is 31.5. The van der Waals surface area contributed by atoms with E-state index in [4.69, 9.17) is 14.2 Å². The molecule has 0 unspecified atom stereocenters. The fourth-order valence-corrected chi connectivity index (χ4v) is 5.68. The van der Waals surface area contributed by atoms with Crippen molar-refractivity contribution in [3.8, 4) is 17.2 Å². The van der Waals surface area contributed by atoms with Crippen LogP contribution in [-0.4, -0.2) is 35.6 Å². The molecule has 0 saturated heterocycles. The first-order valence-corrected chi connectivity index (χ1v) is 18.4. The second kappa shape index (κ2) is 18.5. The van der Waals surface area contributed by atoms with Crippen LogP contribution < -0.4 is 30.2 Å². The molecule has 0 aromatic heterocycles. The number of amides is 3. The molecule has 3 N–H and O–H groups in total. The highest BCUT2D eigenvalue weighted by atomic mass is 16.5. The summed E-state index contributed by atoms with van der Waals surface area (Å²) >= 11 is 0. The number of nitrogens with one attached hydrogen (secondary N) is 3. The maximum absolute atomic E-state index is 13.6. The van der Waals surface area contributed by atoms with E-state index >= 15 is 0 Å². The van der Waals surface area contributed by atoms with E-state index in [0.29, 0.717) is 28.1 Å². The number of carbonyl (C=O) groups is 6. The lowest BCUT2D eigenvalue weighted by Crippen LogP contribution is -2.18. The minimum atomic E-state index is -0.608. The van der Waals surface area contributed by atoms with Gasteiger partial charge in [0.25, 0.3) is 17.7 Å². The van der Waals surface area contributed by atoms with Gasteiger partial charge in [-0.05, 0) is 127 Å². The van der Waals surface area contributed by atoms with Gasteiger partial charge in [0.15, 0.2) is 0 Å². The lowest BCUT2D eigenvalue weighted by molar-refractivity contribution is 0.0725. The standard InChI is InChI=1S/C48H33N3O9/c52-43(31-16-22-40(23-17-31)58-46(55)32-10-4-1-5-11-32)51-39-29-35(44(53)49-37-18-24-41(25-19-37)59-47(56)33-12-6-2-7-13-33)28-36(30-39)45(54)50-38-20-26-42(27-21-38)60-48(57)34-14-8-3-9-15-34/h1-30H,(H,49,53)(H,50,54)(H,51,52). The topological polar surface area (TPSA) is 166 Å². The van der Waals surface area contributed by atoms with Crippen LogP contribution in [0.2, 0.25) is 0 Å². The van der Waals surface area contributed by atoms with Gasteiger partial charge in [-0.25, -0.2) is 14.4 Å². The summed E-state index contributed by atoms with van der Waals surface area (Å²) in [4.78, 5) is 78.1. The smallest absolute Gasteiger partial charge is 0.343 e. The highest BCUT2D eigenvalue weighted by molar-refractivity contribution is 6.11. The van der Waals surface area contributed by atoms with Crippen molar-refractivity contribution in [1.82, 2.24) is 0 Å². The van der Waals surface area contributed by atoms with E-state index in [1.54, 1.807) is 115 Å². The van der Waals surface area contributed by atoms with Gasteiger partial charge in [0, 0.05) is 33.8 Å². The van der Waals surface area contributed by atoms with E-state index in [-0.39, 0.29) is 39.6 Å². The summed E-state index contributed by atoms with van der Waals surface area (Å²) in [6, 6.07) is 47.8. The molecule has 7 aromatic carbocycles. The van der Waals surface area contributed by atoms with E-state index in [1.165, 1.54) is 66.7 Å². The Morgan fingerprint density at radius 1 is 0.283 bits per heavy atom. The quantitative estimate of drug-likeness (QED) is 0.0808. The SMILES string of the molecule is O=C(Nc1cc(C(=O)Nc2ccc(OC(=O)c3ccccc3)cc2)cc(C(=O)Nc2ccc(OC(=O)c3ccccc3)cc2)c1)c1ccc(OC(=O)c2ccccc2)cc1. The van der Waals surface area contributed by atoms with Gasteiger partial charge in [-0.3, -0.25) is 14.4 Å². The normalized spacial score (nSPS) is 10.4. The summed E-state index contributed by atoms with van der Waals surface area (Å²) in [5, 5.41) is 8.26. The first-order valence-electron chi connectivity index (χ1n) is 18.4. The molecule has 294 valence electrons. The number of anilines is 3. The van der Waals surface area contributed by atoms with Crippen LogP contribution in [0.1, 0.15) is 62.1 Å². The molecule has 60 heavy (non-hydrogen) atoms. The van der Waals surface area contributed by atoms with Crippen LogP contribution >= 0.6 is 0 Å². The van der Waals surface area contributed by atoms with Crippen molar-refractivity contribution in [2.24, 2.45) is 0 Å². The van der Waals surface area contributed by atoms with Crippen LogP contribution in [0.15, 0.2) is 182 Å². The van der Waals surface area contributed by atoms with Crippen molar-refractivity contribution in [3.05, 3.63) is 215 Å². The summed E-state index contributed by atoms with van der Waals surface area (Å²) in [6.45, 7) is 0. The number of ether oxygens (including phenoxy) is 3. The largest absolute Gasteiger partial charge is 0.423 e. The predicted molar refractivity (Wildman–Crippen MR) is 224 cm³/mol. The minimum Gasteiger partial charge on any atom is -0.423 e. The Morgan fingerprint density at radius 2 is 0.583 bits per heavy atom. The predicted octanol–water partition coefficient (Wildman–Crippen LogP) is 9.10. The van der Waals surface area contributed by atoms with Gasteiger partial charge in [0.05, 0.1) is 16.7 Å². The first kappa shape index (κ1) is 39.6. The highest BCUT2D eigenvalue weighted by Gasteiger charge is 2.18. The van der Waals surface area contributed by atoms with Crippen LogP contribution in [-0.2, 0) is 0 Å². The van der Waals surface area contributed by atoms with Crippen molar-refractivity contribution in [3.63, 3.8) is 0 Å². The lowest BCUT2D eigenvalue weighted by atomic mass is 10.1. The Hall–Kier alpha value is -8.64. The van der Waals surface area contributed by atoms with Crippen LogP contribution in [0, 0.1) is 0 Å². The molecule has 12 nitrogen and oxygen atoms in total. The maximum Gasteiger partial charge on any atom is 0.343 e.